The topological polar surface area (TPSA) is 32.3 Å². The van der Waals surface area contributed by atoms with Crippen molar-refractivity contribution in [1.82, 2.24) is 4.90 Å². The van der Waals surface area contributed by atoms with Crippen LogP contribution in [0.3, 0.4) is 0 Å². The average Bonchev–Trinajstić information content (AvgIpc) is 3.18. The van der Waals surface area contributed by atoms with Crippen LogP contribution in [0.4, 0.5) is 5.69 Å². The first-order valence-corrected chi connectivity index (χ1v) is 10.9. The van der Waals surface area contributed by atoms with Gasteiger partial charge in [-0.3, -0.25) is 4.79 Å². The van der Waals surface area contributed by atoms with Crippen molar-refractivity contribution in [2.75, 3.05) is 18.4 Å². The molecule has 1 N–H and O–H groups in total. The number of carbonyl (C=O) groups is 1. The van der Waals surface area contributed by atoms with Crippen molar-refractivity contribution in [3.05, 3.63) is 75.9 Å². The molecule has 3 unspecified atom stereocenters. The van der Waals surface area contributed by atoms with E-state index in [1.807, 2.05) is 24.8 Å². The monoisotopic (exact) mass is 388 g/mol. The Hall–Kier alpha value is -2.55. The van der Waals surface area contributed by atoms with E-state index in [1.165, 1.54) is 33.5 Å². The number of nitrogens with zero attached hydrogens (tertiary/aromatic N) is 1. The van der Waals surface area contributed by atoms with Gasteiger partial charge in [-0.1, -0.05) is 29.8 Å². The van der Waals surface area contributed by atoms with Crippen molar-refractivity contribution in [1.29, 1.82) is 0 Å². The van der Waals surface area contributed by atoms with E-state index in [-0.39, 0.29) is 5.91 Å². The van der Waals surface area contributed by atoms with Gasteiger partial charge in [-0.05, 0) is 87.4 Å². The molecule has 29 heavy (non-hydrogen) atoms. The number of hydrogen-bond donors (Lipinski definition) is 1. The van der Waals surface area contributed by atoms with Crippen LogP contribution in [-0.2, 0) is 0 Å². The molecule has 0 radical (unpaired) electrons. The molecule has 4 rings (SSSR count). The minimum absolute atomic E-state index is 0.128. The van der Waals surface area contributed by atoms with Crippen LogP contribution in [0.25, 0.3) is 0 Å². The van der Waals surface area contributed by atoms with E-state index in [2.05, 4.69) is 62.5 Å². The summed E-state index contributed by atoms with van der Waals surface area (Å²) >= 11 is 0. The van der Waals surface area contributed by atoms with Gasteiger partial charge in [0.25, 0.3) is 5.91 Å². The maximum atomic E-state index is 12.9. The van der Waals surface area contributed by atoms with Gasteiger partial charge >= 0.3 is 0 Å². The molecule has 0 saturated carbocycles. The highest BCUT2D eigenvalue weighted by Gasteiger charge is 2.39. The number of aryl methyl sites for hydroxylation is 3. The fourth-order valence-electron chi connectivity index (χ4n) is 5.39. The number of amides is 1. The third-order valence-corrected chi connectivity index (χ3v) is 6.71. The van der Waals surface area contributed by atoms with Crippen LogP contribution in [0.5, 0.6) is 0 Å². The van der Waals surface area contributed by atoms with Gasteiger partial charge in [0.15, 0.2) is 0 Å². The Morgan fingerprint density at radius 3 is 2.41 bits per heavy atom. The summed E-state index contributed by atoms with van der Waals surface area (Å²) in [5.74, 6) is 0.978. The molecule has 3 atom stereocenters. The molecule has 0 bridgehead atoms. The van der Waals surface area contributed by atoms with Gasteiger partial charge in [-0.25, -0.2) is 0 Å². The van der Waals surface area contributed by atoms with Gasteiger partial charge in [0, 0.05) is 30.3 Å². The zero-order chi connectivity index (χ0) is 20.7. The maximum absolute atomic E-state index is 12.9. The summed E-state index contributed by atoms with van der Waals surface area (Å²) in [7, 11) is 0. The van der Waals surface area contributed by atoms with Crippen molar-refractivity contribution in [2.24, 2.45) is 5.92 Å². The Bertz CT molecular complexity index is 948. The normalized spacial score (nSPS) is 22.0. The number of allylic oxidation sites excluding steroid dienone is 2. The Balaban J connectivity index is 1.74. The van der Waals surface area contributed by atoms with Crippen LogP contribution >= 0.6 is 0 Å². The molecule has 0 aromatic heterocycles. The van der Waals surface area contributed by atoms with E-state index < -0.39 is 0 Å². The van der Waals surface area contributed by atoms with Crippen LogP contribution < -0.4 is 5.32 Å². The smallest absolute Gasteiger partial charge is 0.253 e. The van der Waals surface area contributed by atoms with Gasteiger partial charge in [0.05, 0.1) is 6.04 Å². The second-order valence-corrected chi connectivity index (χ2v) is 8.57. The molecule has 2 aromatic carbocycles. The van der Waals surface area contributed by atoms with Gasteiger partial charge in [-0.2, -0.15) is 0 Å². The highest BCUT2D eigenvalue weighted by atomic mass is 16.2. The first kappa shape index (κ1) is 19.8. The van der Waals surface area contributed by atoms with Crippen molar-refractivity contribution in [3.8, 4) is 0 Å². The molecule has 2 aromatic rings. The third-order valence-electron chi connectivity index (χ3n) is 6.71. The molecular formula is C26H32N2O. The summed E-state index contributed by atoms with van der Waals surface area (Å²) in [6.07, 6.45) is 5.74. The molecule has 1 heterocycles. The highest BCUT2D eigenvalue weighted by molar-refractivity contribution is 5.95. The van der Waals surface area contributed by atoms with E-state index in [0.29, 0.717) is 17.9 Å². The fourth-order valence-corrected chi connectivity index (χ4v) is 5.39. The summed E-state index contributed by atoms with van der Waals surface area (Å²) in [4.78, 5) is 14.8. The van der Waals surface area contributed by atoms with Crippen molar-refractivity contribution in [3.63, 3.8) is 0 Å². The summed E-state index contributed by atoms with van der Waals surface area (Å²) in [5.41, 5.74) is 8.71. The van der Waals surface area contributed by atoms with Crippen LogP contribution in [0.2, 0.25) is 0 Å². The number of nitrogens with one attached hydrogen (secondary N) is 1. The number of benzene rings is 2. The van der Waals surface area contributed by atoms with Gasteiger partial charge in [0.2, 0.25) is 0 Å². The molecule has 0 spiro atoms. The maximum Gasteiger partial charge on any atom is 0.253 e. The van der Waals surface area contributed by atoms with E-state index in [0.717, 1.165) is 25.1 Å². The SMILES string of the molecule is CCN(CC)C(=O)c1ccc2c(c1)C1C=CCC1C(c1c(C)cc(C)cc1C)N2. The molecule has 0 saturated heterocycles. The zero-order valence-corrected chi connectivity index (χ0v) is 18.3. The molecule has 152 valence electrons. The lowest BCUT2D eigenvalue weighted by molar-refractivity contribution is 0.0773. The molecule has 1 aliphatic carbocycles. The predicted octanol–water partition coefficient (Wildman–Crippen LogP) is 5.92. The summed E-state index contributed by atoms with van der Waals surface area (Å²) < 4.78 is 0. The van der Waals surface area contributed by atoms with E-state index in [4.69, 9.17) is 0 Å². The molecule has 1 amide bonds. The lowest BCUT2D eigenvalue weighted by Crippen LogP contribution is -2.32. The van der Waals surface area contributed by atoms with Crippen molar-refractivity contribution in [2.45, 2.75) is 53.0 Å². The third kappa shape index (κ3) is 3.37. The number of rotatable bonds is 4. The quantitative estimate of drug-likeness (QED) is 0.659. The minimum Gasteiger partial charge on any atom is -0.378 e. The lowest BCUT2D eigenvalue weighted by atomic mass is 9.74. The summed E-state index contributed by atoms with van der Waals surface area (Å²) in [5, 5.41) is 3.84. The number of fused-ring (bicyclic) bond motifs is 3. The Labute approximate surface area is 174 Å². The fraction of sp³-hybridized carbons (Fsp3) is 0.423. The largest absolute Gasteiger partial charge is 0.378 e. The Morgan fingerprint density at radius 1 is 1.07 bits per heavy atom. The Morgan fingerprint density at radius 2 is 1.76 bits per heavy atom. The average molecular weight is 389 g/mol. The first-order chi connectivity index (χ1) is 13.9. The number of anilines is 1. The van der Waals surface area contributed by atoms with Gasteiger partial charge in [0.1, 0.15) is 0 Å². The molecule has 1 aliphatic heterocycles. The highest BCUT2D eigenvalue weighted by Crippen LogP contribution is 2.51. The second kappa shape index (κ2) is 7.70. The van der Waals surface area contributed by atoms with Crippen molar-refractivity contribution < 1.29 is 4.79 Å². The molecule has 2 aliphatic rings. The van der Waals surface area contributed by atoms with E-state index in [9.17, 15) is 4.79 Å². The first-order valence-electron chi connectivity index (χ1n) is 10.9. The summed E-state index contributed by atoms with van der Waals surface area (Å²) in [6, 6.07) is 11.1. The van der Waals surface area contributed by atoms with Crippen LogP contribution in [0.1, 0.15) is 70.4 Å². The van der Waals surface area contributed by atoms with E-state index >= 15 is 0 Å². The second-order valence-electron chi connectivity index (χ2n) is 8.57. The zero-order valence-electron chi connectivity index (χ0n) is 18.3. The molecule has 0 fully saturated rings. The minimum atomic E-state index is 0.128. The number of carbonyl (C=O) groups excluding carboxylic acids is 1. The lowest BCUT2D eigenvalue weighted by Gasteiger charge is -2.39. The molecule has 3 nitrogen and oxygen atoms in total. The van der Waals surface area contributed by atoms with Gasteiger partial charge < -0.3 is 10.2 Å². The molecular weight excluding hydrogens is 356 g/mol. The van der Waals surface area contributed by atoms with Crippen LogP contribution in [0.15, 0.2) is 42.5 Å². The molecule has 3 heteroatoms. The van der Waals surface area contributed by atoms with E-state index in [1.54, 1.807) is 0 Å². The number of hydrogen-bond acceptors (Lipinski definition) is 2. The summed E-state index contributed by atoms with van der Waals surface area (Å²) in [6.45, 7) is 12.2. The van der Waals surface area contributed by atoms with Crippen molar-refractivity contribution >= 4 is 11.6 Å². The standard InChI is InChI=1S/C26H32N2O/c1-6-28(7-2)26(29)19-11-12-23-22(15-19)20-9-8-10-21(20)25(27-23)24-17(4)13-16(3)14-18(24)5/h8-9,11-15,20-21,25,27H,6-7,10H2,1-5H3. The Kier molecular flexibility index (Phi) is 5.24. The van der Waals surface area contributed by atoms with Crippen LogP contribution in [0, 0.1) is 26.7 Å². The van der Waals surface area contributed by atoms with Crippen LogP contribution in [-0.4, -0.2) is 23.9 Å². The van der Waals surface area contributed by atoms with Gasteiger partial charge in [-0.15, -0.1) is 0 Å². The predicted molar refractivity (Wildman–Crippen MR) is 121 cm³/mol.